The third-order valence-electron chi connectivity index (χ3n) is 5.90. The summed E-state index contributed by atoms with van der Waals surface area (Å²) >= 11 is 0. The topological polar surface area (TPSA) is 104 Å². The Hall–Kier alpha value is -2.97. The molecule has 3 heterocycles. The van der Waals surface area contributed by atoms with Gasteiger partial charge in [-0.15, -0.1) is 0 Å². The maximum atomic E-state index is 13.8. The number of hydrogen-bond acceptors (Lipinski definition) is 5. The van der Waals surface area contributed by atoms with Crippen molar-refractivity contribution in [3.8, 4) is 0 Å². The van der Waals surface area contributed by atoms with Crippen LogP contribution in [0.25, 0.3) is 10.9 Å². The van der Waals surface area contributed by atoms with Crippen molar-refractivity contribution in [3.05, 3.63) is 39.9 Å². The predicted molar refractivity (Wildman–Crippen MR) is 108 cm³/mol. The highest BCUT2D eigenvalue weighted by molar-refractivity contribution is 5.95. The summed E-state index contributed by atoms with van der Waals surface area (Å²) in [5.41, 5.74) is -2.15. The molecule has 2 fully saturated rings. The monoisotopic (exact) mass is 416 g/mol. The number of aromatic nitrogens is 2. The Morgan fingerprint density at radius 1 is 1.33 bits per heavy atom. The van der Waals surface area contributed by atoms with Crippen molar-refractivity contribution in [3.63, 3.8) is 0 Å². The number of rotatable bonds is 3. The van der Waals surface area contributed by atoms with E-state index in [1.54, 1.807) is 4.90 Å². The van der Waals surface area contributed by atoms with E-state index in [1.165, 1.54) is 18.2 Å². The first-order valence-corrected chi connectivity index (χ1v) is 10.1. The number of H-pyrrole nitrogens is 1. The van der Waals surface area contributed by atoms with Crippen molar-refractivity contribution in [2.75, 3.05) is 6.54 Å². The number of nitrogens with one attached hydrogen (secondary N) is 2. The van der Waals surface area contributed by atoms with E-state index < -0.39 is 28.3 Å². The van der Waals surface area contributed by atoms with Crippen LogP contribution in [-0.2, 0) is 4.74 Å². The van der Waals surface area contributed by atoms with Crippen molar-refractivity contribution in [2.24, 2.45) is 0 Å². The molecule has 2 aliphatic heterocycles. The molecule has 1 aromatic carbocycles. The number of halogens is 1. The van der Waals surface area contributed by atoms with E-state index in [0.29, 0.717) is 0 Å². The number of para-hydroxylation sites is 1. The number of benzene rings is 1. The molecule has 2 saturated heterocycles. The van der Waals surface area contributed by atoms with E-state index in [-0.39, 0.29) is 35.3 Å². The van der Waals surface area contributed by atoms with Crippen LogP contribution in [-0.4, -0.2) is 50.8 Å². The first-order chi connectivity index (χ1) is 14.1. The van der Waals surface area contributed by atoms with Gasteiger partial charge >= 0.3 is 6.09 Å². The summed E-state index contributed by atoms with van der Waals surface area (Å²) in [4.78, 5) is 39.8. The van der Waals surface area contributed by atoms with E-state index in [1.807, 2.05) is 20.8 Å². The lowest BCUT2D eigenvalue weighted by Crippen LogP contribution is -2.53. The second-order valence-corrected chi connectivity index (χ2v) is 9.05. The van der Waals surface area contributed by atoms with Gasteiger partial charge in [0, 0.05) is 12.6 Å². The second-order valence-electron chi connectivity index (χ2n) is 9.05. The van der Waals surface area contributed by atoms with Crippen LogP contribution in [0, 0.1) is 5.82 Å². The summed E-state index contributed by atoms with van der Waals surface area (Å²) < 4.78 is 19.4. The lowest BCUT2D eigenvalue weighted by Gasteiger charge is -2.36. The summed E-state index contributed by atoms with van der Waals surface area (Å²) in [6.45, 7) is 5.65. The van der Waals surface area contributed by atoms with Crippen molar-refractivity contribution in [1.29, 1.82) is 0 Å². The Morgan fingerprint density at radius 2 is 2.03 bits per heavy atom. The molecule has 0 saturated carbocycles. The highest BCUT2D eigenvalue weighted by atomic mass is 19.1. The van der Waals surface area contributed by atoms with E-state index >= 15 is 0 Å². The molecule has 2 N–H and O–H groups in total. The van der Waals surface area contributed by atoms with Gasteiger partial charge in [-0.05, 0) is 58.6 Å². The van der Waals surface area contributed by atoms with Crippen LogP contribution in [0.5, 0.6) is 0 Å². The van der Waals surface area contributed by atoms with Gasteiger partial charge in [0.25, 0.3) is 5.91 Å². The van der Waals surface area contributed by atoms with Gasteiger partial charge in [-0.1, -0.05) is 6.07 Å². The van der Waals surface area contributed by atoms with Crippen LogP contribution in [0.1, 0.15) is 56.9 Å². The van der Waals surface area contributed by atoms with Gasteiger partial charge in [0.1, 0.15) is 16.9 Å². The van der Waals surface area contributed by atoms with Crippen LogP contribution < -0.4 is 10.7 Å². The van der Waals surface area contributed by atoms with Crippen LogP contribution >= 0.6 is 0 Å². The summed E-state index contributed by atoms with van der Waals surface area (Å²) in [6, 6.07) is 4.16. The molecule has 2 amide bonds. The second kappa shape index (κ2) is 7.07. The van der Waals surface area contributed by atoms with E-state index in [0.717, 1.165) is 25.7 Å². The minimum atomic E-state index is -0.656. The van der Waals surface area contributed by atoms with Crippen LogP contribution in [0.2, 0.25) is 0 Å². The normalized spacial score (nSPS) is 23.1. The molecule has 0 atom stereocenters. The molecule has 0 radical (unpaired) electrons. The van der Waals surface area contributed by atoms with Gasteiger partial charge in [-0.25, -0.2) is 9.18 Å². The molecule has 8 nitrogen and oxygen atoms in total. The third kappa shape index (κ3) is 3.42. The predicted octanol–water partition coefficient (Wildman–Crippen LogP) is 2.72. The molecule has 0 unspecified atom stereocenters. The zero-order valence-corrected chi connectivity index (χ0v) is 17.3. The number of carbonyl (C=O) groups is 2. The lowest BCUT2D eigenvalue weighted by molar-refractivity contribution is 0.00937. The largest absolute Gasteiger partial charge is 0.444 e. The molecular weight excluding hydrogens is 391 g/mol. The smallest absolute Gasteiger partial charge is 0.411 e. The first-order valence-electron chi connectivity index (χ1n) is 10.1. The lowest BCUT2D eigenvalue weighted by atomic mass is 9.87. The number of carbonyl (C=O) groups excluding carboxylic acids is 2. The summed E-state index contributed by atoms with van der Waals surface area (Å²) in [7, 11) is 0. The van der Waals surface area contributed by atoms with Gasteiger partial charge in [0.05, 0.1) is 10.9 Å². The van der Waals surface area contributed by atoms with E-state index in [2.05, 4.69) is 15.5 Å². The summed E-state index contributed by atoms with van der Waals surface area (Å²) in [6.07, 6.45) is 2.83. The number of hydrogen-bond donors (Lipinski definition) is 2. The number of ether oxygens (including phenoxy) is 1. The molecule has 9 heteroatoms. The van der Waals surface area contributed by atoms with Gasteiger partial charge in [0.15, 0.2) is 5.69 Å². The average molecular weight is 416 g/mol. The third-order valence-corrected chi connectivity index (χ3v) is 5.90. The van der Waals surface area contributed by atoms with Crippen molar-refractivity contribution in [1.82, 2.24) is 20.4 Å². The average Bonchev–Trinajstić information content (AvgIpc) is 3.22. The highest BCUT2D eigenvalue weighted by Crippen LogP contribution is 2.46. The maximum absolute atomic E-state index is 13.8. The number of amides is 2. The minimum absolute atomic E-state index is 0.0387. The van der Waals surface area contributed by atoms with E-state index in [9.17, 15) is 18.8 Å². The standard InChI is InChI=1S/C21H25FN4O4/c1-20(2,3)30-19(29)26-12-7-9-21(26,10-8-12)11-23-18(28)16-17(27)13-5-4-6-14(22)15(13)24-25-16/h4-6,12H,7-11H2,1-3H3,(H,23,28)(H,24,27). The van der Waals surface area contributed by atoms with E-state index in [4.69, 9.17) is 4.74 Å². The summed E-state index contributed by atoms with van der Waals surface area (Å²) in [5, 5.41) is 9.05. The maximum Gasteiger partial charge on any atom is 0.411 e. The van der Waals surface area contributed by atoms with Crippen molar-refractivity contribution in [2.45, 2.75) is 63.6 Å². The van der Waals surface area contributed by atoms with Crippen LogP contribution in [0.15, 0.2) is 23.0 Å². The van der Waals surface area contributed by atoms with Crippen molar-refractivity contribution < 1.29 is 18.7 Å². The Balaban J connectivity index is 1.53. The number of nitrogens with zero attached hydrogens (tertiary/aromatic N) is 2. The Morgan fingerprint density at radius 3 is 2.70 bits per heavy atom. The molecule has 4 rings (SSSR count). The fraction of sp³-hybridized carbons (Fsp3) is 0.524. The summed E-state index contributed by atoms with van der Waals surface area (Å²) in [5.74, 6) is -1.27. The fourth-order valence-corrected chi connectivity index (χ4v) is 4.54. The molecule has 2 bridgehead atoms. The van der Waals surface area contributed by atoms with Gasteiger partial charge < -0.3 is 10.1 Å². The van der Waals surface area contributed by atoms with Crippen LogP contribution in [0.4, 0.5) is 9.18 Å². The molecule has 2 aliphatic rings. The number of fused-ring (bicyclic) bond motifs is 3. The molecule has 30 heavy (non-hydrogen) atoms. The van der Waals surface area contributed by atoms with Gasteiger partial charge in [0.2, 0.25) is 5.43 Å². The zero-order valence-electron chi connectivity index (χ0n) is 17.3. The molecule has 0 aliphatic carbocycles. The Kier molecular flexibility index (Phi) is 4.79. The molecule has 1 aromatic heterocycles. The quantitative estimate of drug-likeness (QED) is 0.801. The minimum Gasteiger partial charge on any atom is -0.444 e. The number of aromatic amines is 1. The molecular formula is C21H25FN4O4. The molecule has 2 aromatic rings. The van der Waals surface area contributed by atoms with Gasteiger partial charge in [-0.3, -0.25) is 19.6 Å². The Labute approximate surface area is 172 Å². The zero-order chi connectivity index (χ0) is 21.7. The fourth-order valence-electron chi connectivity index (χ4n) is 4.54. The van der Waals surface area contributed by atoms with Crippen LogP contribution in [0.3, 0.4) is 0 Å². The first kappa shape index (κ1) is 20.3. The van der Waals surface area contributed by atoms with Crippen molar-refractivity contribution >= 4 is 22.9 Å². The van der Waals surface area contributed by atoms with Gasteiger partial charge in [-0.2, -0.15) is 5.10 Å². The Bertz CT molecular complexity index is 1070. The highest BCUT2D eigenvalue weighted by Gasteiger charge is 2.55. The molecule has 160 valence electrons. The molecule has 0 spiro atoms. The SMILES string of the molecule is CC(C)(C)OC(=O)N1C2CCC1(CNC(=O)c1n[nH]c3c(F)cccc3c1=O)CC2.